The number of nitrogens with one attached hydrogen (secondary N) is 2. The Hall–Kier alpha value is -1.88. The Morgan fingerprint density at radius 1 is 1.25 bits per heavy atom. The van der Waals surface area contributed by atoms with Crippen molar-refractivity contribution in [2.24, 2.45) is 5.73 Å². The number of rotatable bonds is 7. The third-order valence-electron chi connectivity index (χ3n) is 2.97. The molecule has 5 nitrogen and oxygen atoms in total. The fourth-order valence-corrected chi connectivity index (χ4v) is 2.07. The first-order valence-corrected chi connectivity index (χ1v) is 6.69. The number of nitrogens with two attached hydrogens (primary N) is 1. The van der Waals surface area contributed by atoms with Crippen molar-refractivity contribution in [3.05, 3.63) is 35.4 Å². The highest BCUT2D eigenvalue weighted by atomic mass is 16.2. The molecule has 1 rings (SSSR count). The topological polar surface area (TPSA) is 84.2 Å². The van der Waals surface area contributed by atoms with Crippen LogP contribution in [0.5, 0.6) is 0 Å². The minimum absolute atomic E-state index is 0.109. The summed E-state index contributed by atoms with van der Waals surface area (Å²) in [6.45, 7) is 4.37. The van der Waals surface area contributed by atoms with Gasteiger partial charge in [-0.25, -0.2) is 0 Å². The van der Waals surface area contributed by atoms with Crippen LogP contribution in [0.1, 0.15) is 36.2 Å². The Morgan fingerprint density at radius 3 is 2.50 bits per heavy atom. The van der Waals surface area contributed by atoms with Crippen molar-refractivity contribution >= 4 is 11.8 Å². The minimum Gasteiger partial charge on any atom is -0.370 e. The third-order valence-corrected chi connectivity index (χ3v) is 2.97. The monoisotopic (exact) mass is 277 g/mol. The molecule has 0 aliphatic carbocycles. The van der Waals surface area contributed by atoms with Gasteiger partial charge in [-0.15, -0.1) is 0 Å². The first kappa shape index (κ1) is 16.2. The molecule has 1 aromatic carbocycles. The van der Waals surface area contributed by atoms with E-state index in [9.17, 15) is 9.59 Å². The van der Waals surface area contributed by atoms with E-state index >= 15 is 0 Å². The summed E-state index contributed by atoms with van der Waals surface area (Å²) < 4.78 is 0. The zero-order valence-electron chi connectivity index (χ0n) is 12.3. The number of benzene rings is 1. The van der Waals surface area contributed by atoms with Crippen LogP contribution in [0.2, 0.25) is 0 Å². The van der Waals surface area contributed by atoms with Gasteiger partial charge in [0.05, 0.1) is 0 Å². The van der Waals surface area contributed by atoms with E-state index in [4.69, 9.17) is 5.73 Å². The van der Waals surface area contributed by atoms with Crippen molar-refractivity contribution in [3.63, 3.8) is 0 Å². The predicted molar refractivity (Wildman–Crippen MR) is 79.4 cm³/mol. The fraction of sp³-hybridized carbons (Fsp3) is 0.467. The Balaban J connectivity index is 2.84. The largest absolute Gasteiger partial charge is 0.370 e. The normalized spacial score (nSPS) is 11.2. The second-order valence-electron chi connectivity index (χ2n) is 5.49. The van der Waals surface area contributed by atoms with Crippen molar-refractivity contribution in [1.82, 2.24) is 10.6 Å². The molecular formula is C15H23N3O2. The fourth-order valence-electron chi connectivity index (χ4n) is 2.07. The molecule has 5 heteroatoms. The molecule has 0 atom stereocenters. The molecule has 1 aromatic rings. The van der Waals surface area contributed by atoms with Crippen LogP contribution in [0.4, 0.5) is 0 Å². The zero-order chi connectivity index (χ0) is 15.2. The van der Waals surface area contributed by atoms with Gasteiger partial charge in [0.15, 0.2) is 0 Å². The van der Waals surface area contributed by atoms with Gasteiger partial charge in [0.1, 0.15) is 0 Å². The molecule has 0 fully saturated rings. The molecular weight excluding hydrogens is 254 g/mol. The van der Waals surface area contributed by atoms with E-state index in [-0.39, 0.29) is 12.3 Å². The summed E-state index contributed by atoms with van der Waals surface area (Å²) in [6, 6.07) is 7.48. The van der Waals surface area contributed by atoms with Gasteiger partial charge in [0, 0.05) is 17.5 Å². The molecule has 0 bridgehead atoms. The van der Waals surface area contributed by atoms with Gasteiger partial charge in [-0.05, 0) is 45.5 Å². The van der Waals surface area contributed by atoms with Gasteiger partial charge in [-0.3, -0.25) is 9.59 Å². The second-order valence-corrected chi connectivity index (χ2v) is 5.49. The highest BCUT2D eigenvalue weighted by molar-refractivity contribution is 5.96. The Kier molecular flexibility index (Phi) is 5.70. The summed E-state index contributed by atoms with van der Waals surface area (Å²) in [6.07, 6.45) is 0.883. The quantitative estimate of drug-likeness (QED) is 0.690. The number of hydrogen-bond donors (Lipinski definition) is 3. The van der Waals surface area contributed by atoms with Crippen LogP contribution in [0.3, 0.4) is 0 Å². The third kappa shape index (κ3) is 5.01. The van der Waals surface area contributed by atoms with E-state index < -0.39 is 11.4 Å². The lowest BCUT2D eigenvalue weighted by atomic mass is 9.98. The minimum atomic E-state index is -0.654. The summed E-state index contributed by atoms with van der Waals surface area (Å²) >= 11 is 0. The van der Waals surface area contributed by atoms with Gasteiger partial charge >= 0.3 is 0 Å². The smallest absolute Gasteiger partial charge is 0.251 e. The van der Waals surface area contributed by atoms with Crippen LogP contribution >= 0.6 is 0 Å². The summed E-state index contributed by atoms with van der Waals surface area (Å²) in [5.41, 5.74) is 6.16. The van der Waals surface area contributed by atoms with Gasteiger partial charge in [0.25, 0.3) is 5.91 Å². The summed E-state index contributed by atoms with van der Waals surface area (Å²) in [5.74, 6) is -0.610. The van der Waals surface area contributed by atoms with Crippen molar-refractivity contribution < 1.29 is 9.59 Å². The van der Waals surface area contributed by atoms with Crippen LogP contribution in [0.15, 0.2) is 24.3 Å². The molecule has 0 saturated carbocycles. The number of carbonyl (C=O) groups excluding carboxylic acids is 2. The van der Waals surface area contributed by atoms with Crippen LogP contribution in [0.25, 0.3) is 0 Å². The molecule has 0 aliphatic rings. The SMILES string of the molecule is CNCCc1ccccc1C(=O)NC(C)(C)CC(N)=O. The second kappa shape index (κ2) is 7.05. The lowest BCUT2D eigenvalue weighted by Gasteiger charge is -2.25. The Bertz CT molecular complexity index is 484. The molecule has 0 heterocycles. The van der Waals surface area contributed by atoms with E-state index in [0.29, 0.717) is 5.56 Å². The molecule has 20 heavy (non-hydrogen) atoms. The number of hydrogen-bond acceptors (Lipinski definition) is 3. The van der Waals surface area contributed by atoms with E-state index in [1.807, 2.05) is 25.2 Å². The summed E-state index contributed by atoms with van der Waals surface area (Å²) in [5, 5.41) is 5.92. The maximum absolute atomic E-state index is 12.3. The summed E-state index contributed by atoms with van der Waals surface area (Å²) in [4.78, 5) is 23.3. The Labute approximate surface area is 119 Å². The van der Waals surface area contributed by atoms with Gasteiger partial charge in [0.2, 0.25) is 5.91 Å². The zero-order valence-corrected chi connectivity index (χ0v) is 12.3. The van der Waals surface area contributed by atoms with Crippen LogP contribution in [-0.4, -0.2) is 30.9 Å². The molecule has 0 aromatic heterocycles. The van der Waals surface area contributed by atoms with Gasteiger partial charge < -0.3 is 16.4 Å². The lowest BCUT2D eigenvalue weighted by molar-refractivity contribution is -0.119. The molecule has 2 amide bonds. The predicted octanol–water partition coefficient (Wildman–Crippen LogP) is 0.832. The molecule has 0 aliphatic heterocycles. The first-order chi connectivity index (χ1) is 9.35. The van der Waals surface area contributed by atoms with Gasteiger partial charge in [-0.1, -0.05) is 18.2 Å². The van der Waals surface area contributed by atoms with Crippen molar-refractivity contribution in [1.29, 1.82) is 0 Å². The lowest BCUT2D eigenvalue weighted by Crippen LogP contribution is -2.46. The molecule has 0 unspecified atom stereocenters. The highest BCUT2D eigenvalue weighted by Crippen LogP contribution is 2.13. The number of carbonyl (C=O) groups is 2. The maximum atomic E-state index is 12.3. The average Bonchev–Trinajstić information content (AvgIpc) is 2.34. The van der Waals surface area contributed by atoms with E-state index in [0.717, 1.165) is 18.5 Å². The molecule has 4 N–H and O–H groups in total. The Morgan fingerprint density at radius 2 is 1.90 bits per heavy atom. The maximum Gasteiger partial charge on any atom is 0.251 e. The van der Waals surface area contributed by atoms with Gasteiger partial charge in [-0.2, -0.15) is 0 Å². The van der Waals surface area contributed by atoms with Crippen molar-refractivity contribution in [2.45, 2.75) is 32.2 Å². The van der Waals surface area contributed by atoms with E-state index in [1.165, 1.54) is 0 Å². The number of amides is 2. The average molecular weight is 277 g/mol. The first-order valence-electron chi connectivity index (χ1n) is 6.69. The molecule has 0 saturated heterocycles. The van der Waals surface area contributed by atoms with E-state index in [1.54, 1.807) is 19.9 Å². The molecule has 0 spiro atoms. The van der Waals surface area contributed by atoms with Crippen LogP contribution in [0, 0.1) is 0 Å². The molecule has 0 radical (unpaired) electrons. The van der Waals surface area contributed by atoms with Crippen LogP contribution < -0.4 is 16.4 Å². The van der Waals surface area contributed by atoms with Crippen LogP contribution in [-0.2, 0) is 11.2 Å². The van der Waals surface area contributed by atoms with E-state index in [2.05, 4.69) is 10.6 Å². The highest BCUT2D eigenvalue weighted by Gasteiger charge is 2.24. The van der Waals surface area contributed by atoms with Crippen molar-refractivity contribution in [3.8, 4) is 0 Å². The molecule has 110 valence electrons. The number of primary amides is 1. The number of likely N-dealkylation sites (N-methyl/N-ethyl adjacent to an activating group) is 1. The summed E-state index contributed by atoms with van der Waals surface area (Å²) in [7, 11) is 1.87. The standard InChI is InChI=1S/C15H23N3O2/c1-15(2,10-13(16)19)18-14(20)12-7-5-4-6-11(12)8-9-17-3/h4-7,17H,8-10H2,1-3H3,(H2,16,19)(H,18,20). The van der Waals surface area contributed by atoms with Crippen molar-refractivity contribution in [2.75, 3.05) is 13.6 Å².